The predicted molar refractivity (Wildman–Crippen MR) is 121 cm³/mol. The first kappa shape index (κ1) is 18.3. The first-order valence-electron chi connectivity index (χ1n) is 8.56. The van der Waals surface area contributed by atoms with Gasteiger partial charge in [0, 0.05) is 6.04 Å². The van der Waals surface area contributed by atoms with Crippen LogP contribution in [0.4, 0.5) is 0 Å². The molecule has 0 aliphatic carbocycles. The van der Waals surface area contributed by atoms with Crippen molar-refractivity contribution in [2.24, 2.45) is 0 Å². The van der Waals surface area contributed by atoms with Crippen molar-refractivity contribution in [1.29, 1.82) is 0 Å². The number of benzene rings is 3. The fourth-order valence-electron chi connectivity index (χ4n) is 2.45. The quantitative estimate of drug-likeness (QED) is 0.404. The Morgan fingerprint density at radius 1 is 0.462 bits per heavy atom. The second kappa shape index (κ2) is 9.29. The molecule has 0 radical (unpaired) electrons. The maximum atomic E-state index is 6.05. The van der Waals surface area contributed by atoms with Crippen molar-refractivity contribution in [3.63, 3.8) is 0 Å². The third-order valence-corrected chi connectivity index (χ3v) is 6.84. The lowest BCUT2D eigenvalue weighted by atomic mass is 10.2. The molecule has 26 heavy (non-hydrogen) atoms. The van der Waals surface area contributed by atoms with Crippen LogP contribution in [-0.4, -0.2) is 0 Å². The molecule has 3 rings (SSSR count). The van der Waals surface area contributed by atoms with Crippen molar-refractivity contribution in [3.8, 4) is 0 Å². The molecular weight excluding hydrogens is 351 g/mol. The van der Waals surface area contributed by atoms with Crippen molar-refractivity contribution in [1.82, 2.24) is 0 Å². The molecule has 0 fully saturated rings. The second-order valence-corrected chi connectivity index (χ2v) is 10.3. The largest absolute Gasteiger partial charge is 0.0844 e. The summed E-state index contributed by atoms with van der Waals surface area (Å²) in [7, 11) is 0. The third kappa shape index (κ3) is 5.81. The lowest BCUT2D eigenvalue weighted by Gasteiger charge is -2.08. The zero-order valence-electron chi connectivity index (χ0n) is 14.5. The molecule has 0 heterocycles. The van der Waals surface area contributed by atoms with Gasteiger partial charge >= 0.3 is 0 Å². The first-order chi connectivity index (χ1) is 12.7. The van der Waals surface area contributed by atoms with E-state index in [1.54, 1.807) is 0 Å². The molecule has 0 aromatic heterocycles. The Balaban J connectivity index is 1.89. The number of hydrogen-bond donors (Lipinski definition) is 0. The zero-order valence-corrected chi connectivity index (χ0v) is 16.2. The highest BCUT2D eigenvalue weighted by molar-refractivity contribution is 8.19. The molecular formula is C24H21PS. The van der Waals surface area contributed by atoms with Crippen LogP contribution < -0.4 is 0 Å². The van der Waals surface area contributed by atoms with Gasteiger partial charge in [-0.1, -0.05) is 121 Å². The molecule has 3 aromatic rings. The van der Waals surface area contributed by atoms with E-state index in [1.807, 2.05) is 54.6 Å². The Bertz CT molecular complexity index is 812. The van der Waals surface area contributed by atoms with Crippen LogP contribution in [0.2, 0.25) is 0 Å². The highest BCUT2D eigenvalue weighted by atomic mass is 32.4. The summed E-state index contributed by atoms with van der Waals surface area (Å²) in [4.78, 5) is 0. The Kier molecular flexibility index (Phi) is 6.55. The van der Waals surface area contributed by atoms with E-state index in [1.165, 1.54) is 16.7 Å². The molecule has 0 unspecified atom stereocenters. The summed E-state index contributed by atoms with van der Waals surface area (Å²) in [6, 6.07) is 29.0. The maximum absolute atomic E-state index is 6.05. The molecule has 2 heteroatoms. The molecule has 0 atom stereocenters. The van der Waals surface area contributed by atoms with E-state index >= 15 is 0 Å². The Labute approximate surface area is 161 Å². The molecule has 3 aromatic carbocycles. The minimum Gasteiger partial charge on any atom is -0.0844 e. The van der Waals surface area contributed by atoms with Gasteiger partial charge in [0.05, 0.1) is 0 Å². The fourth-order valence-corrected chi connectivity index (χ4v) is 4.51. The van der Waals surface area contributed by atoms with E-state index in [9.17, 15) is 0 Å². The van der Waals surface area contributed by atoms with E-state index in [0.717, 1.165) is 0 Å². The molecule has 0 aliphatic heterocycles. The minimum absolute atomic E-state index is 1.17. The molecule has 0 nitrogen and oxygen atoms in total. The van der Waals surface area contributed by atoms with Crippen molar-refractivity contribution in [3.05, 3.63) is 125 Å². The Hall–Kier alpha value is -2.47. The monoisotopic (exact) mass is 372 g/mol. The van der Waals surface area contributed by atoms with Crippen molar-refractivity contribution in [2.45, 2.75) is 0 Å². The van der Waals surface area contributed by atoms with Crippen molar-refractivity contribution < 1.29 is 0 Å². The van der Waals surface area contributed by atoms with Crippen LogP contribution in [0.1, 0.15) is 16.7 Å². The van der Waals surface area contributed by atoms with Gasteiger partial charge < -0.3 is 0 Å². The molecule has 0 N–H and O–H groups in total. The van der Waals surface area contributed by atoms with E-state index < -0.39 is 6.04 Å². The summed E-state index contributed by atoms with van der Waals surface area (Å²) >= 11 is 6.05. The maximum Gasteiger partial charge on any atom is 0.0172 e. The van der Waals surface area contributed by atoms with Gasteiger partial charge in [0.1, 0.15) is 0 Å². The molecule has 128 valence electrons. The number of rotatable bonds is 6. The smallest absolute Gasteiger partial charge is 0.0172 e. The first-order valence-corrected chi connectivity index (χ1v) is 11.6. The number of hydrogen-bond acceptors (Lipinski definition) is 1. The highest BCUT2D eigenvalue weighted by Crippen LogP contribution is 2.52. The van der Waals surface area contributed by atoms with Crippen LogP contribution in [0.25, 0.3) is 18.2 Å². The van der Waals surface area contributed by atoms with E-state index in [4.69, 9.17) is 11.8 Å². The summed E-state index contributed by atoms with van der Waals surface area (Å²) in [5.41, 5.74) is 3.51. The molecule has 0 saturated heterocycles. The van der Waals surface area contributed by atoms with Gasteiger partial charge in [-0.3, -0.25) is 0 Å². The van der Waals surface area contributed by atoms with E-state index in [0.29, 0.717) is 0 Å². The van der Waals surface area contributed by atoms with Crippen molar-refractivity contribution >= 4 is 36.1 Å². The predicted octanol–water partition coefficient (Wildman–Crippen LogP) is 7.48. The Morgan fingerprint density at radius 3 is 1.00 bits per heavy atom. The summed E-state index contributed by atoms with van der Waals surface area (Å²) in [6.45, 7) is 0. The van der Waals surface area contributed by atoms with Crippen LogP contribution in [-0.2, 0) is 11.8 Å². The summed E-state index contributed by atoms with van der Waals surface area (Å²) in [5.74, 6) is 6.53. The summed E-state index contributed by atoms with van der Waals surface area (Å²) in [6.07, 6.45) is 6.39. The topological polar surface area (TPSA) is 0 Å². The second-order valence-electron chi connectivity index (χ2n) is 5.94. The van der Waals surface area contributed by atoms with Crippen LogP contribution in [0.5, 0.6) is 0 Å². The van der Waals surface area contributed by atoms with Gasteiger partial charge in [-0.2, -0.15) is 0 Å². The minimum atomic E-state index is -1.92. The van der Waals surface area contributed by atoms with Crippen LogP contribution in [0.3, 0.4) is 0 Å². The zero-order chi connectivity index (χ0) is 18.1. The SMILES string of the molecule is S=P(/C=C/c1ccccc1)(/C=C/c1ccccc1)/C=C/c1ccccc1. The lowest BCUT2D eigenvalue weighted by molar-refractivity contribution is 1.66. The normalized spacial score (nSPS) is 12.3. The summed E-state index contributed by atoms with van der Waals surface area (Å²) < 4.78 is 0. The highest BCUT2D eigenvalue weighted by Gasteiger charge is 2.04. The van der Waals surface area contributed by atoms with Gasteiger partial charge in [-0.15, -0.1) is 0 Å². The molecule has 0 amide bonds. The third-order valence-electron chi connectivity index (χ3n) is 3.90. The van der Waals surface area contributed by atoms with Gasteiger partial charge in [-0.05, 0) is 34.1 Å². The fraction of sp³-hybridized carbons (Fsp3) is 0. The van der Waals surface area contributed by atoms with Crippen LogP contribution in [0, 0.1) is 0 Å². The van der Waals surface area contributed by atoms with E-state index in [2.05, 4.69) is 72.1 Å². The molecule has 0 spiro atoms. The van der Waals surface area contributed by atoms with Gasteiger partial charge in [0.2, 0.25) is 0 Å². The van der Waals surface area contributed by atoms with Crippen LogP contribution in [0.15, 0.2) is 108 Å². The van der Waals surface area contributed by atoms with Crippen LogP contribution >= 0.6 is 6.04 Å². The average molecular weight is 372 g/mol. The van der Waals surface area contributed by atoms with Gasteiger partial charge in [-0.25, -0.2) is 0 Å². The molecule has 0 bridgehead atoms. The van der Waals surface area contributed by atoms with Crippen molar-refractivity contribution in [2.75, 3.05) is 0 Å². The standard InChI is InChI=1S/C24H21PS/c26-25(19-16-22-10-4-1-5-11-22,20-17-23-12-6-2-7-13-23)21-18-24-14-8-3-9-15-24/h1-21H/b19-16+,20-17+,21-18+. The Morgan fingerprint density at radius 2 is 0.731 bits per heavy atom. The molecule has 0 aliphatic rings. The summed E-state index contributed by atoms with van der Waals surface area (Å²) in [5, 5.41) is 0. The average Bonchev–Trinajstić information content (AvgIpc) is 2.72. The molecule has 0 saturated carbocycles. The van der Waals surface area contributed by atoms with E-state index in [-0.39, 0.29) is 0 Å². The van der Waals surface area contributed by atoms with Gasteiger partial charge in [0.25, 0.3) is 0 Å². The lowest BCUT2D eigenvalue weighted by Crippen LogP contribution is -1.73. The van der Waals surface area contributed by atoms with Gasteiger partial charge in [0.15, 0.2) is 0 Å².